The SMILES string of the molecule is COC1=C2c3c(O)cc(O)cc3OOC2C1c1c(O)cc(O)cc1O. The van der Waals surface area contributed by atoms with Gasteiger partial charge in [-0.15, -0.1) is 0 Å². The van der Waals surface area contributed by atoms with E-state index in [0.717, 1.165) is 18.2 Å². The summed E-state index contributed by atoms with van der Waals surface area (Å²) in [5, 5.41) is 49.4. The van der Waals surface area contributed by atoms with Crippen LogP contribution in [0.1, 0.15) is 17.0 Å². The molecule has 0 saturated carbocycles. The van der Waals surface area contributed by atoms with E-state index in [-0.39, 0.29) is 40.1 Å². The second kappa shape index (κ2) is 5.12. The minimum Gasteiger partial charge on any atom is -0.508 e. The molecule has 4 rings (SSSR count). The van der Waals surface area contributed by atoms with Crippen LogP contribution < -0.4 is 4.89 Å². The number of ether oxygens (including phenoxy) is 1. The number of methoxy groups -OCH3 is 1. The first-order chi connectivity index (χ1) is 11.9. The summed E-state index contributed by atoms with van der Waals surface area (Å²) in [7, 11) is 1.41. The Labute approximate surface area is 141 Å². The minimum absolute atomic E-state index is 0.105. The van der Waals surface area contributed by atoms with Crippen LogP contribution in [-0.2, 0) is 9.62 Å². The largest absolute Gasteiger partial charge is 0.508 e. The maximum atomic E-state index is 10.2. The molecule has 8 heteroatoms. The number of benzene rings is 2. The molecular formula is C17H14O8. The van der Waals surface area contributed by atoms with Crippen LogP contribution in [0.5, 0.6) is 34.5 Å². The first-order valence-electron chi connectivity index (χ1n) is 7.35. The second-order valence-electron chi connectivity index (χ2n) is 5.80. The molecule has 2 aliphatic rings. The summed E-state index contributed by atoms with van der Waals surface area (Å²) < 4.78 is 5.39. The summed E-state index contributed by atoms with van der Waals surface area (Å²) in [4.78, 5) is 10.5. The lowest BCUT2D eigenvalue weighted by atomic mass is 9.72. The third-order valence-corrected chi connectivity index (χ3v) is 4.36. The summed E-state index contributed by atoms with van der Waals surface area (Å²) in [6.45, 7) is 0. The first kappa shape index (κ1) is 15.3. The summed E-state index contributed by atoms with van der Waals surface area (Å²) in [5.41, 5.74) is 0.895. The second-order valence-corrected chi connectivity index (χ2v) is 5.80. The monoisotopic (exact) mass is 346 g/mol. The maximum absolute atomic E-state index is 10.2. The molecule has 2 atom stereocenters. The van der Waals surface area contributed by atoms with Crippen LogP contribution in [0, 0.1) is 0 Å². The van der Waals surface area contributed by atoms with Gasteiger partial charge in [0.2, 0.25) is 0 Å². The highest BCUT2D eigenvalue weighted by molar-refractivity contribution is 5.87. The van der Waals surface area contributed by atoms with Crippen molar-refractivity contribution in [2.24, 2.45) is 0 Å². The summed E-state index contributed by atoms with van der Waals surface area (Å²) in [5.74, 6) is -1.60. The van der Waals surface area contributed by atoms with Crippen molar-refractivity contribution in [2.75, 3.05) is 7.11 Å². The molecule has 8 nitrogen and oxygen atoms in total. The Morgan fingerprint density at radius 1 is 0.880 bits per heavy atom. The van der Waals surface area contributed by atoms with Gasteiger partial charge < -0.3 is 35.2 Å². The lowest BCUT2D eigenvalue weighted by Crippen LogP contribution is -2.40. The minimum atomic E-state index is -0.765. The summed E-state index contributed by atoms with van der Waals surface area (Å²) >= 11 is 0. The van der Waals surface area contributed by atoms with Crippen molar-refractivity contribution in [1.82, 2.24) is 0 Å². The molecule has 0 amide bonds. The third kappa shape index (κ3) is 2.04. The number of phenolic OH excluding ortho intramolecular Hbond substituents is 5. The van der Waals surface area contributed by atoms with E-state index in [9.17, 15) is 25.5 Å². The number of hydrogen-bond donors (Lipinski definition) is 5. The molecule has 1 aliphatic heterocycles. The van der Waals surface area contributed by atoms with E-state index in [2.05, 4.69) is 0 Å². The van der Waals surface area contributed by atoms with Crippen LogP contribution in [0.4, 0.5) is 0 Å². The predicted octanol–water partition coefficient (Wildman–Crippen LogP) is 2.06. The quantitative estimate of drug-likeness (QED) is 0.523. The molecule has 5 N–H and O–H groups in total. The van der Waals surface area contributed by atoms with Crippen molar-refractivity contribution >= 4 is 5.57 Å². The Balaban J connectivity index is 1.90. The molecule has 0 saturated heterocycles. The normalized spacial score (nSPS) is 21.0. The van der Waals surface area contributed by atoms with E-state index in [0.29, 0.717) is 16.9 Å². The van der Waals surface area contributed by atoms with E-state index in [1.807, 2.05) is 0 Å². The fourth-order valence-corrected chi connectivity index (χ4v) is 3.36. The van der Waals surface area contributed by atoms with E-state index >= 15 is 0 Å². The first-order valence-corrected chi connectivity index (χ1v) is 7.35. The summed E-state index contributed by atoms with van der Waals surface area (Å²) in [6, 6.07) is 4.63. The highest BCUT2D eigenvalue weighted by Crippen LogP contribution is 2.59. The smallest absolute Gasteiger partial charge is 0.180 e. The van der Waals surface area contributed by atoms with Crippen molar-refractivity contribution in [1.29, 1.82) is 0 Å². The van der Waals surface area contributed by atoms with Gasteiger partial charge in [-0.25, -0.2) is 0 Å². The molecule has 25 heavy (non-hydrogen) atoms. The van der Waals surface area contributed by atoms with Crippen LogP contribution in [0.2, 0.25) is 0 Å². The van der Waals surface area contributed by atoms with Crippen LogP contribution in [0.25, 0.3) is 5.57 Å². The molecular weight excluding hydrogens is 332 g/mol. The zero-order chi connectivity index (χ0) is 17.9. The molecule has 0 spiro atoms. The standard InChI is InChI=1S/C17H14O8/c1-23-16-14(12-8(20)2-6(18)3-9(12)21)17-15(16)13-10(22)4-7(19)5-11(13)24-25-17/h2-5,14,17-22H,1H3. The fourth-order valence-electron chi connectivity index (χ4n) is 3.36. The van der Waals surface area contributed by atoms with Gasteiger partial charge in [0.25, 0.3) is 0 Å². The van der Waals surface area contributed by atoms with E-state index in [1.165, 1.54) is 13.2 Å². The zero-order valence-electron chi connectivity index (χ0n) is 12.9. The van der Waals surface area contributed by atoms with Crippen LogP contribution >= 0.6 is 0 Å². The van der Waals surface area contributed by atoms with Gasteiger partial charge in [-0.1, -0.05) is 0 Å². The lowest BCUT2D eigenvalue weighted by Gasteiger charge is -2.42. The Morgan fingerprint density at radius 2 is 1.48 bits per heavy atom. The molecule has 2 unspecified atom stereocenters. The highest BCUT2D eigenvalue weighted by Gasteiger charge is 2.52. The Kier molecular flexibility index (Phi) is 3.13. The highest BCUT2D eigenvalue weighted by atomic mass is 17.2. The molecule has 0 bridgehead atoms. The third-order valence-electron chi connectivity index (χ3n) is 4.36. The van der Waals surface area contributed by atoms with Crippen molar-refractivity contribution in [2.45, 2.75) is 12.0 Å². The average molecular weight is 346 g/mol. The Morgan fingerprint density at radius 3 is 2.12 bits per heavy atom. The molecule has 1 heterocycles. The van der Waals surface area contributed by atoms with Crippen LogP contribution in [0.15, 0.2) is 30.0 Å². The number of aromatic hydroxyl groups is 5. The molecule has 0 aromatic heterocycles. The fraction of sp³-hybridized carbons (Fsp3) is 0.176. The average Bonchev–Trinajstić information content (AvgIpc) is 2.51. The van der Waals surface area contributed by atoms with Gasteiger partial charge in [0, 0.05) is 35.4 Å². The van der Waals surface area contributed by atoms with Crippen molar-refractivity contribution in [3.63, 3.8) is 0 Å². The number of rotatable bonds is 2. The molecule has 2 aromatic carbocycles. The van der Waals surface area contributed by atoms with E-state index in [4.69, 9.17) is 14.5 Å². The van der Waals surface area contributed by atoms with Gasteiger partial charge in [0.15, 0.2) is 5.75 Å². The van der Waals surface area contributed by atoms with Gasteiger partial charge in [-0.2, -0.15) is 4.89 Å². The molecule has 0 radical (unpaired) electrons. The van der Waals surface area contributed by atoms with Crippen molar-refractivity contribution < 1.29 is 40.0 Å². The molecule has 1 aliphatic carbocycles. The van der Waals surface area contributed by atoms with Gasteiger partial charge >= 0.3 is 0 Å². The molecule has 2 aromatic rings. The Hall–Kier alpha value is -3.26. The van der Waals surface area contributed by atoms with E-state index < -0.39 is 12.0 Å². The van der Waals surface area contributed by atoms with Gasteiger partial charge in [-0.05, 0) is 0 Å². The zero-order valence-corrected chi connectivity index (χ0v) is 12.9. The van der Waals surface area contributed by atoms with Crippen molar-refractivity contribution in [3.05, 3.63) is 41.2 Å². The summed E-state index contributed by atoms with van der Waals surface area (Å²) in [6.07, 6.45) is -0.765. The van der Waals surface area contributed by atoms with Crippen LogP contribution in [0.3, 0.4) is 0 Å². The molecule has 0 fully saturated rings. The van der Waals surface area contributed by atoms with E-state index in [1.54, 1.807) is 0 Å². The number of phenols is 5. The topological polar surface area (TPSA) is 129 Å². The predicted molar refractivity (Wildman–Crippen MR) is 83.4 cm³/mol. The number of fused-ring (bicyclic) bond motifs is 3. The number of hydrogen-bond acceptors (Lipinski definition) is 8. The maximum Gasteiger partial charge on any atom is 0.180 e. The van der Waals surface area contributed by atoms with Crippen molar-refractivity contribution in [3.8, 4) is 34.5 Å². The van der Waals surface area contributed by atoms with Crippen LogP contribution in [-0.4, -0.2) is 38.7 Å². The van der Waals surface area contributed by atoms with Gasteiger partial charge in [-0.3, -0.25) is 0 Å². The Bertz CT molecular complexity index is 894. The molecule has 130 valence electrons. The van der Waals surface area contributed by atoms with Gasteiger partial charge in [0.05, 0.1) is 18.6 Å². The lowest BCUT2D eigenvalue weighted by molar-refractivity contribution is -0.245. The van der Waals surface area contributed by atoms with Gasteiger partial charge in [0.1, 0.15) is 40.6 Å².